The summed E-state index contributed by atoms with van der Waals surface area (Å²) in [5.41, 5.74) is 3.37. The van der Waals surface area contributed by atoms with Gasteiger partial charge in [-0.05, 0) is 35.8 Å². The molecule has 0 fully saturated rings. The Bertz CT molecular complexity index is 1190. The minimum absolute atomic E-state index is 0.112. The Morgan fingerprint density at radius 3 is 2.50 bits per heavy atom. The summed E-state index contributed by atoms with van der Waals surface area (Å²) in [6.07, 6.45) is 4.95. The molecule has 0 bridgehead atoms. The number of hydrogen-bond acceptors (Lipinski definition) is 3. The number of rotatable bonds is 3. The van der Waals surface area contributed by atoms with Crippen LogP contribution in [0.4, 0.5) is 0 Å². The molecule has 0 spiro atoms. The Labute approximate surface area is 161 Å². The summed E-state index contributed by atoms with van der Waals surface area (Å²) in [4.78, 5) is 37.9. The lowest BCUT2D eigenvalue weighted by Crippen LogP contribution is -2.27. The Morgan fingerprint density at radius 1 is 1.00 bits per heavy atom. The second kappa shape index (κ2) is 7.12. The van der Waals surface area contributed by atoms with Crippen molar-refractivity contribution in [2.75, 3.05) is 0 Å². The topological polar surface area (TPSA) is 71.9 Å². The van der Waals surface area contributed by atoms with Crippen molar-refractivity contribution < 1.29 is 9.59 Å². The predicted octanol–water partition coefficient (Wildman–Crippen LogP) is 3.50. The molecular weight excluding hydrogens is 352 g/mol. The molecule has 5 nitrogen and oxygen atoms in total. The fraction of sp³-hybridized carbons (Fsp3) is 0.0870. The first-order chi connectivity index (χ1) is 13.5. The van der Waals surface area contributed by atoms with Gasteiger partial charge in [-0.25, -0.2) is 0 Å². The van der Waals surface area contributed by atoms with E-state index in [1.165, 1.54) is 6.08 Å². The van der Waals surface area contributed by atoms with Crippen LogP contribution in [-0.2, 0) is 11.2 Å². The molecule has 1 aliphatic carbocycles. The van der Waals surface area contributed by atoms with E-state index in [-0.39, 0.29) is 18.1 Å². The van der Waals surface area contributed by atoms with Crippen molar-refractivity contribution in [3.63, 3.8) is 0 Å². The highest BCUT2D eigenvalue weighted by Crippen LogP contribution is 2.28. The van der Waals surface area contributed by atoms with E-state index in [1.54, 1.807) is 19.1 Å². The van der Waals surface area contributed by atoms with E-state index >= 15 is 0 Å². The summed E-state index contributed by atoms with van der Waals surface area (Å²) in [5.74, 6) is -0.514. The monoisotopic (exact) mass is 370 g/mol. The molecule has 1 N–H and O–H groups in total. The molecule has 138 valence electrons. The molecule has 5 heteroatoms. The van der Waals surface area contributed by atoms with Gasteiger partial charge in [0.15, 0.2) is 5.78 Å². The lowest BCUT2D eigenvalue weighted by Gasteiger charge is -2.12. The van der Waals surface area contributed by atoms with Crippen LogP contribution in [0.3, 0.4) is 0 Å². The van der Waals surface area contributed by atoms with Gasteiger partial charge < -0.3 is 0 Å². The van der Waals surface area contributed by atoms with E-state index in [2.05, 4.69) is 5.10 Å². The highest BCUT2D eigenvalue weighted by atomic mass is 16.2. The van der Waals surface area contributed by atoms with Crippen molar-refractivity contribution in [2.45, 2.75) is 13.3 Å². The average molecular weight is 370 g/mol. The molecule has 1 aliphatic rings. The molecule has 28 heavy (non-hydrogen) atoms. The van der Waals surface area contributed by atoms with Crippen LogP contribution in [0.5, 0.6) is 0 Å². The maximum atomic E-state index is 12.9. The number of allylic oxidation sites excluding steroid dienone is 2. The van der Waals surface area contributed by atoms with Crippen LogP contribution in [0.15, 0.2) is 65.5 Å². The highest BCUT2D eigenvalue weighted by molar-refractivity contribution is 6.33. The second-order valence-electron chi connectivity index (χ2n) is 6.69. The van der Waals surface area contributed by atoms with E-state index in [0.29, 0.717) is 16.8 Å². The summed E-state index contributed by atoms with van der Waals surface area (Å²) >= 11 is 0. The normalized spacial score (nSPS) is 14.3. The Hall–Kier alpha value is -3.73. The maximum absolute atomic E-state index is 12.9. The number of ketones is 1. The first-order valence-electron chi connectivity index (χ1n) is 8.97. The molecular formula is C23H18N2O3. The van der Waals surface area contributed by atoms with Crippen LogP contribution in [0.2, 0.25) is 0 Å². The Balaban J connectivity index is 1.73. The van der Waals surface area contributed by atoms with E-state index < -0.39 is 5.56 Å². The molecule has 0 aliphatic heterocycles. The molecule has 2 aromatic carbocycles. The van der Waals surface area contributed by atoms with Crippen LogP contribution in [0.25, 0.3) is 17.7 Å². The van der Waals surface area contributed by atoms with Gasteiger partial charge in [0, 0.05) is 11.3 Å². The lowest BCUT2D eigenvalue weighted by molar-refractivity contribution is -0.109. The minimum atomic E-state index is -0.453. The number of fused-ring (bicyclic) bond motifs is 1. The van der Waals surface area contributed by atoms with Gasteiger partial charge in [-0.2, -0.15) is 4.68 Å². The number of aromatic nitrogens is 2. The predicted molar refractivity (Wildman–Crippen MR) is 109 cm³/mol. The quantitative estimate of drug-likeness (QED) is 0.717. The van der Waals surface area contributed by atoms with Crippen molar-refractivity contribution >= 4 is 29.4 Å². The third kappa shape index (κ3) is 3.18. The number of carbonyl (C=O) groups is 2. The molecule has 0 saturated heterocycles. The van der Waals surface area contributed by atoms with Gasteiger partial charge in [0.25, 0.3) is 11.5 Å². The first-order valence-corrected chi connectivity index (χ1v) is 8.97. The number of nitrogens with zero attached hydrogens (tertiary/aromatic N) is 1. The third-order valence-electron chi connectivity index (χ3n) is 4.78. The smallest absolute Gasteiger partial charge is 0.281 e. The molecule has 4 rings (SSSR count). The Morgan fingerprint density at radius 2 is 1.71 bits per heavy atom. The van der Waals surface area contributed by atoms with Gasteiger partial charge in [-0.15, -0.1) is 0 Å². The first kappa shape index (κ1) is 17.7. The molecule has 0 unspecified atom stereocenters. The standard InChI is InChI=1S/C23H18N2O3/c1-15-19(14-20-18-10-6-5-9-17(18)11-12-21(20)26)23(28)25(24-15)22(27)13-16-7-3-2-4-8-16/h2-12,14,24H,13H2,1H3. The summed E-state index contributed by atoms with van der Waals surface area (Å²) in [5, 5.41) is 2.84. The zero-order chi connectivity index (χ0) is 19.7. The number of aryl methyl sites for hydroxylation is 1. The summed E-state index contributed by atoms with van der Waals surface area (Å²) in [7, 11) is 0. The van der Waals surface area contributed by atoms with Gasteiger partial charge in [0.2, 0.25) is 0 Å². The summed E-state index contributed by atoms with van der Waals surface area (Å²) in [6, 6.07) is 16.8. The number of benzene rings is 2. The van der Waals surface area contributed by atoms with Gasteiger partial charge in [0.05, 0.1) is 12.0 Å². The highest BCUT2D eigenvalue weighted by Gasteiger charge is 2.20. The average Bonchev–Trinajstić information content (AvgIpc) is 2.99. The molecule has 3 aromatic rings. The van der Waals surface area contributed by atoms with Crippen molar-refractivity contribution in [3.05, 3.63) is 99.0 Å². The van der Waals surface area contributed by atoms with Gasteiger partial charge in [-0.3, -0.25) is 19.5 Å². The third-order valence-corrected chi connectivity index (χ3v) is 4.78. The van der Waals surface area contributed by atoms with Crippen LogP contribution < -0.4 is 5.56 Å². The fourth-order valence-corrected chi connectivity index (χ4v) is 3.32. The van der Waals surface area contributed by atoms with Crippen molar-refractivity contribution in [2.24, 2.45) is 0 Å². The molecule has 0 saturated carbocycles. The van der Waals surface area contributed by atoms with E-state index in [9.17, 15) is 14.4 Å². The number of hydrogen-bond donors (Lipinski definition) is 1. The van der Waals surface area contributed by atoms with Crippen LogP contribution in [0, 0.1) is 6.92 Å². The molecule has 0 radical (unpaired) electrons. The largest absolute Gasteiger partial charge is 0.292 e. The van der Waals surface area contributed by atoms with Gasteiger partial charge >= 0.3 is 0 Å². The molecule has 1 aromatic heterocycles. The van der Waals surface area contributed by atoms with Crippen LogP contribution >= 0.6 is 0 Å². The minimum Gasteiger partial charge on any atom is -0.292 e. The lowest BCUT2D eigenvalue weighted by atomic mass is 9.90. The van der Waals surface area contributed by atoms with Crippen LogP contribution in [-0.4, -0.2) is 21.5 Å². The summed E-state index contributed by atoms with van der Waals surface area (Å²) < 4.78 is 1.02. The zero-order valence-corrected chi connectivity index (χ0v) is 15.3. The Kier molecular flexibility index (Phi) is 4.49. The van der Waals surface area contributed by atoms with Crippen LogP contribution in [0.1, 0.15) is 32.7 Å². The van der Waals surface area contributed by atoms with E-state index in [1.807, 2.05) is 54.6 Å². The molecule has 0 atom stereocenters. The van der Waals surface area contributed by atoms with Gasteiger partial charge in [-0.1, -0.05) is 60.7 Å². The van der Waals surface area contributed by atoms with Crippen molar-refractivity contribution in [1.29, 1.82) is 0 Å². The van der Waals surface area contributed by atoms with Gasteiger partial charge in [0.1, 0.15) is 0 Å². The molecule has 1 heterocycles. The van der Waals surface area contributed by atoms with Crippen molar-refractivity contribution in [1.82, 2.24) is 9.78 Å². The second-order valence-corrected chi connectivity index (χ2v) is 6.69. The number of nitrogens with one attached hydrogen (secondary N) is 1. The SMILES string of the molecule is Cc1[nH]n(C(=O)Cc2ccccc2)c(=O)c1C=C1C(=O)C=Cc2ccccc21. The zero-order valence-electron chi connectivity index (χ0n) is 15.3. The number of H-pyrrole nitrogens is 1. The number of carbonyl (C=O) groups excluding carboxylic acids is 2. The fourth-order valence-electron chi connectivity index (χ4n) is 3.32. The maximum Gasteiger partial charge on any atom is 0.281 e. The van der Waals surface area contributed by atoms with E-state index in [4.69, 9.17) is 0 Å². The molecule has 0 amide bonds. The van der Waals surface area contributed by atoms with E-state index in [0.717, 1.165) is 21.4 Å². The van der Waals surface area contributed by atoms with Crippen molar-refractivity contribution in [3.8, 4) is 0 Å². The summed E-state index contributed by atoms with van der Waals surface area (Å²) in [6.45, 7) is 1.72. The number of aromatic amines is 1.